The summed E-state index contributed by atoms with van der Waals surface area (Å²) in [5.74, 6) is 2.40. The Morgan fingerprint density at radius 3 is 2.68 bits per heavy atom. The maximum absolute atomic E-state index is 5.95. The molecule has 0 radical (unpaired) electrons. The summed E-state index contributed by atoms with van der Waals surface area (Å²) in [5.41, 5.74) is 1.23. The fourth-order valence-electron chi connectivity index (χ4n) is 1.71. The lowest BCUT2D eigenvalue weighted by atomic mass is 10.0. The summed E-state index contributed by atoms with van der Waals surface area (Å²) in [6.45, 7) is 6.28. The standard InChI is InChI=1S/C15H17ClN2O/c1-4-14-17-13(16)9-15(18-14)19-12-7-5-6-11(8-12)10(2)3/h5-10H,4H2,1-3H3. The number of rotatable bonds is 4. The van der Waals surface area contributed by atoms with E-state index in [4.69, 9.17) is 16.3 Å². The topological polar surface area (TPSA) is 35.0 Å². The molecule has 0 spiro atoms. The molecule has 0 aliphatic heterocycles. The lowest BCUT2D eigenvalue weighted by Crippen LogP contribution is -1.97. The molecule has 0 fully saturated rings. The van der Waals surface area contributed by atoms with E-state index in [2.05, 4.69) is 29.9 Å². The third-order valence-electron chi connectivity index (χ3n) is 2.78. The summed E-state index contributed by atoms with van der Waals surface area (Å²) in [7, 11) is 0. The molecule has 100 valence electrons. The van der Waals surface area contributed by atoms with Gasteiger partial charge in [-0.3, -0.25) is 0 Å². The second-order valence-corrected chi connectivity index (χ2v) is 5.02. The van der Waals surface area contributed by atoms with Crippen molar-refractivity contribution in [3.8, 4) is 11.6 Å². The zero-order chi connectivity index (χ0) is 13.8. The van der Waals surface area contributed by atoms with E-state index < -0.39 is 0 Å². The largest absolute Gasteiger partial charge is 0.439 e. The Balaban J connectivity index is 2.25. The highest BCUT2D eigenvalue weighted by Gasteiger charge is 2.06. The molecular weight excluding hydrogens is 260 g/mol. The van der Waals surface area contributed by atoms with Crippen molar-refractivity contribution >= 4 is 11.6 Å². The predicted octanol–water partition coefficient (Wildman–Crippen LogP) is 4.61. The number of aryl methyl sites for hydroxylation is 1. The van der Waals surface area contributed by atoms with Crippen LogP contribution in [0.3, 0.4) is 0 Å². The van der Waals surface area contributed by atoms with Gasteiger partial charge in [0.05, 0.1) is 0 Å². The van der Waals surface area contributed by atoms with Crippen molar-refractivity contribution in [1.29, 1.82) is 0 Å². The Kier molecular flexibility index (Phi) is 4.38. The molecule has 0 aliphatic rings. The second-order valence-electron chi connectivity index (χ2n) is 4.63. The average molecular weight is 277 g/mol. The van der Waals surface area contributed by atoms with Gasteiger partial charge < -0.3 is 4.74 Å². The van der Waals surface area contributed by atoms with Gasteiger partial charge in [-0.1, -0.05) is 44.5 Å². The monoisotopic (exact) mass is 276 g/mol. The van der Waals surface area contributed by atoms with Crippen LogP contribution in [0.5, 0.6) is 11.6 Å². The van der Waals surface area contributed by atoms with Crippen molar-refractivity contribution < 1.29 is 4.74 Å². The van der Waals surface area contributed by atoms with Crippen LogP contribution >= 0.6 is 11.6 Å². The Hall–Kier alpha value is -1.61. The summed E-state index contributed by atoms with van der Waals surface area (Å²) in [6.07, 6.45) is 0.725. The van der Waals surface area contributed by atoms with Crippen LogP contribution in [0, 0.1) is 0 Å². The first-order valence-electron chi connectivity index (χ1n) is 6.39. The van der Waals surface area contributed by atoms with Crippen LogP contribution < -0.4 is 4.74 Å². The predicted molar refractivity (Wildman–Crippen MR) is 77.0 cm³/mol. The van der Waals surface area contributed by atoms with E-state index in [1.54, 1.807) is 6.07 Å². The van der Waals surface area contributed by atoms with E-state index in [9.17, 15) is 0 Å². The van der Waals surface area contributed by atoms with Gasteiger partial charge in [-0.15, -0.1) is 0 Å². The lowest BCUT2D eigenvalue weighted by molar-refractivity contribution is 0.458. The molecule has 0 saturated carbocycles. The van der Waals surface area contributed by atoms with E-state index >= 15 is 0 Å². The SMILES string of the molecule is CCc1nc(Cl)cc(Oc2cccc(C(C)C)c2)n1. The van der Waals surface area contributed by atoms with Crippen LogP contribution in [0.15, 0.2) is 30.3 Å². The maximum atomic E-state index is 5.95. The Labute approximate surface area is 118 Å². The highest BCUT2D eigenvalue weighted by molar-refractivity contribution is 6.29. The first-order chi connectivity index (χ1) is 9.08. The zero-order valence-corrected chi connectivity index (χ0v) is 12.1. The molecular formula is C15H17ClN2O. The van der Waals surface area contributed by atoms with E-state index in [1.807, 2.05) is 25.1 Å². The normalized spacial score (nSPS) is 10.8. The van der Waals surface area contributed by atoms with Gasteiger partial charge in [0.2, 0.25) is 5.88 Å². The van der Waals surface area contributed by atoms with Crippen molar-refractivity contribution in [3.63, 3.8) is 0 Å². The first-order valence-corrected chi connectivity index (χ1v) is 6.77. The lowest BCUT2D eigenvalue weighted by Gasteiger charge is -2.09. The number of hydrogen-bond acceptors (Lipinski definition) is 3. The highest BCUT2D eigenvalue weighted by Crippen LogP contribution is 2.25. The molecule has 0 N–H and O–H groups in total. The molecule has 0 saturated heterocycles. The van der Waals surface area contributed by atoms with Crippen molar-refractivity contribution in [1.82, 2.24) is 9.97 Å². The van der Waals surface area contributed by atoms with E-state index in [0.29, 0.717) is 22.8 Å². The minimum Gasteiger partial charge on any atom is -0.439 e. The third-order valence-corrected chi connectivity index (χ3v) is 2.97. The number of aromatic nitrogens is 2. The minimum absolute atomic E-state index is 0.405. The molecule has 1 aromatic heterocycles. The molecule has 0 aliphatic carbocycles. The number of hydrogen-bond donors (Lipinski definition) is 0. The second kappa shape index (κ2) is 6.02. The highest BCUT2D eigenvalue weighted by atomic mass is 35.5. The van der Waals surface area contributed by atoms with E-state index in [0.717, 1.165) is 12.2 Å². The molecule has 1 heterocycles. The molecule has 2 rings (SSSR count). The minimum atomic E-state index is 0.405. The molecule has 0 bridgehead atoms. The van der Waals surface area contributed by atoms with Gasteiger partial charge in [-0.25, -0.2) is 4.98 Å². The fourth-order valence-corrected chi connectivity index (χ4v) is 1.90. The summed E-state index contributed by atoms with van der Waals surface area (Å²) < 4.78 is 5.76. The third kappa shape index (κ3) is 3.67. The Morgan fingerprint density at radius 2 is 2.00 bits per heavy atom. The number of nitrogens with zero attached hydrogens (tertiary/aromatic N) is 2. The first kappa shape index (κ1) is 13.8. The molecule has 0 amide bonds. The smallest absolute Gasteiger partial charge is 0.224 e. The van der Waals surface area contributed by atoms with Crippen LogP contribution in [-0.4, -0.2) is 9.97 Å². The molecule has 2 aromatic rings. The van der Waals surface area contributed by atoms with Crippen LogP contribution in [-0.2, 0) is 6.42 Å². The Morgan fingerprint density at radius 1 is 1.21 bits per heavy atom. The van der Waals surface area contributed by atoms with Gasteiger partial charge in [0.25, 0.3) is 0 Å². The van der Waals surface area contributed by atoms with Crippen LogP contribution in [0.1, 0.15) is 38.1 Å². The van der Waals surface area contributed by atoms with Gasteiger partial charge in [-0.2, -0.15) is 4.98 Å². The average Bonchev–Trinajstić information content (AvgIpc) is 2.38. The summed E-state index contributed by atoms with van der Waals surface area (Å²) >= 11 is 5.95. The van der Waals surface area contributed by atoms with Gasteiger partial charge in [0.1, 0.15) is 16.7 Å². The molecule has 3 nitrogen and oxygen atoms in total. The summed E-state index contributed by atoms with van der Waals surface area (Å²) in [4.78, 5) is 8.42. The van der Waals surface area contributed by atoms with Gasteiger partial charge >= 0.3 is 0 Å². The molecule has 4 heteroatoms. The van der Waals surface area contributed by atoms with Crippen molar-refractivity contribution in [3.05, 3.63) is 46.9 Å². The molecule has 1 aromatic carbocycles. The quantitative estimate of drug-likeness (QED) is 0.765. The molecule has 0 atom stereocenters. The van der Waals surface area contributed by atoms with Crippen LogP contribution in [0.4, 0.5) is 0 Å². The fraction of sp³-hybridized carbons (Fsp3) is 0.333. The van der Waals surface area contributed by atoms with Gasteiger partial charge in [0.15, 0.2) is 0 Å². The van der Waals surface area contributed by atoms with Crippen LogP contribution in [0.2, 0.25) is 5.15 Å². The van der Waals surface area contributed by atoms with Crippen LogP contribution in [0.25, 0.3) is 0 Å². The van der Waals surface area contributed by atoms with Crippen molar-refractivity contribution in [2.24, 2.45) is 0 Å². The van der Waals surface area contributed by atoms with Crippen molar-refractivity contribution in [2.45, 2.75) is 33.1 Å². The molecule has 0 unspecified atom stereocenters. The number of halogens is 1. The van der Waals surface area contributed by atoms with Crippen molar-refractivity contribution in [2.75, 3.05) is 0 Å². The van der Waals surface area contributed by atoms with Gasteiger partial charge in [-0.05, 0) is 23.6 Å². The zero-order valence-electron chi connectivity index (χ0n) is 11.4. The molecule has 19 heavy (non-hydrogen) atoms. The van der Waals surface area contributed by atoms with E-state index in [-0.39, 0.29) is 0 Å². The number of ether oxygens (including phenoxy) is 1. The summed E-state index contributed by atoms with van der Waals surface area (Å²) in [6, 6.07) is 9.62. The maximum Gasteiger partial charge on any atom is 0.224 e. The Bertz CT molecular complexity index is 570. The van der Waals surface area contributed by atoms with E-state index in [1.165, 1.54) is 5.56 Å². The van der Waals surface area contributed by atoms with Gasteiger partial charge in [0, 0.05) is 12.5 Å². The summed E-state index contributed by atoms with van der Waals surface area (Å²) in [5, 5.41) is 0.405. The number of benzene rings is 1.